The maximum atomic E-state index is 12.0. The number of ether oxygens (including phenoxy) is 1. The number of alkyl halides is 3. The van der Waals surface area contributed by atoms with Gasteiger partial charge in [-0.15, -0.1) is 13.2 Å². The summed E-state index contributed by atoms with van der Waals surface area (Å²) in [6.07, 6.45) is -4.92. The summed E-state index contributed by atoms with van der Waals surface area (Å²) in [5.41, 5.74) is 4.74. The lowest BCUT2D eigenvalue weighted by molar-refractivity contribution is -0.276. The zero-order valence-corrected chi connectivity index (χ0v) is 7.95. The van der Waals surface area contributed by atoms with E-state index in [-0.39, 0.29) is 23.6 Å². The number of hydrogen-bond acceptors (Lipinski definition) is 5. The van der Waals surface area contributed by atoms with Gasteiger partial charge in [0.15, 0.2) is 0 Å². The van der Waals surface area contributed by atoms with Crippen LogP contribution in [-0.2, 0) is 13.2 Å². The average molecular weight is 238 g/mol. The highest BCUT2D eigenvalue weighted by Crippen LogP contribution is 2.28. The van der Waals surface area contributed by atoms with Gasteiger partial charge in [-0.3, -0.25) is 0 Å². The molecular formula is C8H9F3N2O3. The number of pyridine rings is 1. The Balaban J connectivity index is 3.15. The van der Waals surface area contributed by atoms with Crippen LogP contribution in [0.1, 0.15) is 11.3 Å². The van der Waals surface area contributed by atoms with Crippen molar-refractivity contribution < 1.29 is 28.1 Å². The number of aromatic hydroxyl groups is 1. The van der Waals surface area contributed by atoms with Crippen molar-refractivity contribution >= 4 is 0 Å². The van der Waals surface area contributed by atoms with Crippen molar-refractivity contribution in [3.63, 3.8) is 0 Å². The number of aliphatic hydroxyl groups excluding tert-OH is 1. The summed E-state index contributed by atoms with van der Waals surface area (Å²) in [6.45, 7) is -0.984. The van der Waals surface area contributed by atoms with E-state index in [1.807, 2.05) is 0 Å². The summed E-state index contributed by atoms with van der Waals surface area (Å²) in [7, 11) is 0. The molecule has 0 amide bonds. The van der Waals surface area contributed by atoms with E-state index in [0.717, 1.165) is 6.07 Å². The van der Waals surface area contributed by atoms with Gasteiger partial charge in [0, 0.05) is 12.1 Å². The molecule has 1 aromatic rings. The molecule has 0 fully saturated rings. The van der Waals surface area contributed by atoms with Crippen LogP contribution in [0.4, 0.5) is 13.2 Å². The van der Waals surface area contributed by atoms with E-state index in [9.17, 15) is 18.3 Å². The van der Waals surface area contributed by atoms with E-state index < -0.39 is 18.8 Å². The van der Waals surface area contributed by atoms with Crippen LogP contribution in [-0.4, -0.2) is 21.6 Å². The van der Waals surface area contributed by atoms with E-state index in [2.05, 4.69) is 9.72 Å². The second kappa shape index (κ2) is 4.54. The Bertz CT molecular complexity index is 382. The minimum atomic E-state index is -4.92. The van der Waals surface area contributed by atoms with Crippen molar-refractivity contribution in [1.29, 1.82) is 0 Å². The Morgan fingerprint density at radius 3 is 2.50 bits per heavy atom. The fourth-order valence-electron chi connectivity index (χ4n) is 1.02. The minimum Gasteiger partial charge on any atom is -0.506 e. The van der Waals surface area contributed by atoms with Gasteiger partial charge in [-0.25, -0.2) is 4.98 Å². The molecule has 1 heterocycles. The van der Waals surface area contributed by atoms with Crippen LogP contribution in [0, 0.1) is 0 Å². The Kier molecular flexibility index (Phi) is 3.55. The van der Waals surface area contributed by atoms with Gasteiger partial charge in [-0.2, -0.15) is 0 Å². The van der Waals surface area contributed by atoms with Crippen LogP contribution < -0.4 is 10.5 Å². The molecule has 5 nitrogen and oxygen atoms in total. The summed E-state index contributed by atoms with van der Waals surface area (Å²) in [5.74, 6) is -1.20. The maximum absolute atomic E-state index is 12.0. The van der Waals surface area contributed by atoms with Crippen molar-refractivity contribution in [2.24, 2.45) is 5.73 Å². The standard InChI is InChI=1S/C8H9F3N2O3/c9-8(10,11)16-7-4(3-14)1-6(15)5(2-12)13-7/h1,14-15H,2-3,12H2. The molecule has 0 radical (unpaired) electrons. The molecule has 0 saturated heterocycles. The van der Waals surface area contributed by atoms with E-state index in [4.69, 9.17) is 10.8 Å². The molecule has 0 aliphatic rings. The zero-order valence-electron chi connectivity index (χ0n) is 7.95. The molecule has 90 valence electrons. The van der Waals surface area contributed by atoms with E-state index >= 15 is 0 Å². The lowest BCUT2D eigenvalue weighted by Crippen LogP contribution is -2.19. The quantitative estimate of drug-likeness (QED) is 0.719. The third-order valence-electron chi connectivity index (χ3n) is 1.69. The zero-order chi connectivity index (χ0) is 12.3. The van der Waals surface area contributed by atoms with Gasteiger partial charge in [0.05, 0.1) is 12.3 Å². The van der Waals surface area contributed by atoms with Crippen molar-refractivity contribution in [2.75, 3.05) is 0 Å². The van der Waals surface area contributed by atoms with Crippen molar-refractivity contribution in [2.45, 2.75) is 19.5 Å². The molecule has 0 unspecified atom stereocenters. The molecule has 0 saturated carbocycles. The second-order valence-corrected chi connectivity index (χ2v) is 2.83. The third-order valence-corrected chi connectivity index (χ3v) is 1.69. The van der Waals surface area contributed by atoms with Gasteiger partial charge in [0.25, 0.3) is 0 Å². The SMILES string of the molecule is NCc1nc(OC(F)(F)F)c(CO)cc1O. The van der Waals surface area contributed by atoms with E-state index in [1.54, 1.807) is 0 Å². The van der Waals surface area contributed by atoms with Gasteiger partial charge in [-0.05, 0) is 6.07 Å². The number of aromatic nitrogens is 1. The summed E-state index contributed by atoms with van der Waals surface area (Å²) < 4.78 is 39.5. The topological polar surface area (TPSA) is 88.6 Å². The van der Waals surface area contributed by atoms with Crippen LogP contribution in [0.5, 0.6) is 11.6 Å². The summed E-state index contributed by atoms with van der Waals surface area (Å²) >= 11 is 0. The molecule has 0 aromatic carbocycles. The first-order valence-corrected chi connectivity index (χ1v) is 4.15. The highest BCUT2D eigenvalue weighted by atomic mass is 19.4. The first-order valence-electron chi connectivity index (χ1n) is 4.15. The van der Waals surface area contributed by atoms with Gasteiger partial charge >= 0.3 is 6.36 Å². The highest BCUT2D eigenvalue weighted by molar-refractivity contribution is 5.37. The predicted molar refractivity (Wildman–Crippen MR) is 46.4 cm³/mol. The maximum Gasteiger partial charge on any atom is 0.574 e. The monoisotopic (exact) mass is 238 g/mol. The number of nitrogens with two attached hydrogens (primary N) is 1. The molecule has 4 N–H and O–H groups in total. The van der Waals surface area contributed by atoms with Crippen LogP contribution in [0.3, 0.4) is 0 Å². The third kappa shape index (κ3) is 2.97. The van der Waals surface area contributed by atoms with Crippen molar-refractivity contribution in [1.82, 2.24) is 4.98 Å². The molecule has 0 bridgehead atoms. The first kappa shape index (κ1) is 12.5. The normalized spacial score (nSPS) is 11.6. The molecule has 1 rings (SSSR count). The molecule has 1 aromatic heterocycles. The van der Waals surface area contributed by atoms with Crippen LogP contribution in [0.15, 0.2) is 6.07 Å². The van der Waals surface area contributed by atoms with Gasteiger partial charge in [0.2, 0.25) is 5.88 Å². The number of nitrogens with zero attached hydrogens (tertiary/aromatic N) is 1. The average Bonchev–Trinajstić information content (AvgIpc) is 2.18. The van der Waals surface area contributed by atoms with Crippen molar-refractivity contribution in [3.8, 4) is 11.6 Å². The molecule has 0 aliphatic carbocycles. The van der Waals surface area contributed by atoms with Crippen molar-refractivity contribution in [3.05, 3.63) is 17.3 Å². The number of halogens is 3. The van der Waals surface area contributed by atoms with Gasteiger partial charge in [-0.1, -0.05) is 0 Å². The Labute approximate surface area is 88.3 Å². The summed E-state index contributed by atoms with van der Waals surface area (Å²) in [4.78, 5) is 3.37. The van der Waals surface area contributed by atoms with Gasteiger partial charge in [0.1, 0.15) is 5.75 Å². The van der Waals surface area contributed by atoms with E-state index in [1.165, 1.54) is 0 Å². The molecule has 8 heteroatoms. The Hall–Kier alpha value is -1.54. The molecular weight excluding hydrogens is 229 g/mol. The van der Waals surface area contributed by atoms with Crippen LogP contribution >= 0.6 is 0 Å². The minimum absolute atomic E-state index is 0.142. The summed E-state index contributed by atoms with van der Waals surface area (Å²) in [6, 6.07) is 0.927. The molecule has 0 spiro atoms. The Morgan fingerprint density at radius 2 is 2.06 bits per heavy atom. The molecule has 0 atom stereocenters. The smallest absolute Gasteiger partial charge is 0.506 e. The molecule has 16 heavy (non-hydrogen) atoms. The predicted octanol–water partition coefficient (Wildman–Crippen LogP) is 0.637. The summed E-state index contributed by atoms with van der Waals surface area (Å²) in [5, 5.41) is 18.0. The van der Waals surface area contributed by atoms with Gasteiger partial charge < -0.3 is 20.7 Å². The van der Waals surface area contributed by atoms with E-state index in [0.29, 0.717) is 0 Å². The lowest BCUT2D eigenvalue weighted by atomic mass is 10.2. The fraction of sp³-hybridized carbons (Fsp3) is 0.375. The number of aliphatic hydroxyl groups is 1. The number of hydrogen-bond donors (Lipinski definition) is 3. The largest absolute Gasteiger partial charge is 0.574 e. The Morgan fingerprint density at radius 1 is 1.44 bits per heavy atom. The highest BCUT2D eigenvalue weighted by Gasteiger charge is 2.33. The first-order chi connectivity index (χ1) is 7.37. The lowest BCUT2D eigenvalue weighted by Gasteiger charge is -2.12. The van der Waals surface area contributed by atoms with Crippen LogP contribution in [0.2, 0.25) is 0 Å². The number of rotatable bonds is 3. The molecule has 0 aliphatic heterocycles. The fourth-order valence-corrected chi connectivity index (χ4v) is 1.02. The second-order valence-electron chi connectivity index (χ2n) is 2.83. The van der Waals surface area contributed by atoms with Crippen LogP contribution in [0.25, 0.3) is 0 Å².